The molecule has 0 spiro atoms. The van der Waals surface area contributed by atoms with Gasteiger partial charge in [-0.25, -0.2) is 0 Å². The minimum absolute atomic E-state index is 0.277. The quantitative estimate of drug-likeness (QED) is 0.627. The standard InChI is InChI=1S/C11H14O5/c12-5-9(14)6-1-2-8(13)10-7(6)3-4-16-11(10)15/h3-4,6-8,10,12-13H,1-2,5H2. The monoisotopic (exact) mass is 226 g/mol. The van der Waals surface area contributed by atoms with Crippen LogP contribution in [0.3, 0.4) is 0 Å². The van der Waals surface area contributed by atoms with Gasteiger partial charge in [0.15, 0.2) is 5.78 Å². The summed E-state index contributed by atoms with van der Waals surface area (Å²) >= 11 is 0. The maximum atomic E-state index is 11.5. The molecule has 2 N–H and O–H groups in total. The second-order valence-corrected chi connectivity index (χ2v) is 4.24. The van der Waals surface area contributed by atoms with Crippen LogP contribution in [0.2, 0.25) is 0 Å². The highest BCUT2D eigenvalue weighted by Gasteiger charge is 2.46. The summed E-state index contributed by atoms with van der Waals surface area (Å²) in [7, 11) is 0. The van der Waals surface area contributed by atoms with Crippen molar-refractivity contribution in [2.24, 2.45) is 17.8 Å². The summed E-state index contributed by atoms with van der Waals surface area (Å²) in [6.07, 6.45) is 3.02. The average molecular weight is 226 g/mol. The molecule has 0 aromatic heterocycles. The van der Waals surface area contributed by atoms with Gasteiger partial charge in [0.05, 0.1) is 18.3 Å². The van der Waals surface area contributed by atoms with Crippen LogP contribution in [0, 0.1) is 17.8 Å². The molecular weight excluding hydrogens is 212 g/mol. The molecule has 1 fully saturated rings. The Morgan fingerprint density at radius 3 is 2.94 bits per heavy atom. The van der Waals surface area contributed by atoms with E-state index in [1.165, 1.54) is 6.26 Å². The number of aliphatic hydroxyl groups is 2. The Balaban J connectivity index is 2.25. The van der Waals surface area contributed by atoms with Crippen LogP contribution in [0.4, 0.5) is 0 Å². The van der Waals surface area contributed by atoms with Crippen molar-refractivity contribution in [1.82, 2.24) is 0 Å². The molecule has 88 valence electrons. The van der Waals surface area contributed by atoms with Gasteiger partial charge in [-0.05, 0) is 18.9 Å². The van der Waals surface area contributed by atoms with Crippen LogP contribution in [-0.4, -0.2) is 34.7 Å². The molecule has 16 heavy (non-hydrogen) atoms. The fourth-order valence-corrected chi connectivity index (χ4v) is 2.57. The van der Waals surface area contributed by atoms with E-state index in [0.717, 1.165) is 0 Å². The van der Waals surface area contributed by atoms with Gasteiger partial charge in [-0.15, -0.1) is 0 Å². The number of Topliss-reactive ketones (excluding diaryl/α,β-unsaturated/α-hetero) is 1. The topological polar surface area (TPSA) is 83.8 Å². The number of esters is 1. The second kappa shape index (κ2) is 4.35. The molecule has 1 aliphatic carbocycles. The van der Waals surface area contributed by atoms with Gasteiger partial charge >= 0.3 is 5.97 Å². The summed E-state index contributed by atoms with van der Waals surface area (Å²) in [6.45, 7) is -0.521. The van der Waals surface area contributed by atoms with E-state index in [-0.39, 0.29) is 17.6 Å². The number of allylic oxidation sites excluding steroid dienone is 1. The molecule has 5 heteroatoms. The fraction of sp³-hybridized carbons (Fsp3) is 0.636. The minimum atomic E-state index is -0.759. The number of rotatable bonds is 2. The Labute approximate surface area is 92.7 Å². The summed E-state index contributed by atoms with van der Waals surface area (Å²) in [5.41, 5.74) is 0. The van der Waals surface area contributed by atoms with Crippen molar-refractivity contribution in [3.05, 3.63) is 12.3 Å². The van der Waals surface area contributed by atoms with Gasteiger partial charge in [0.1, 0.15) is 6.61 Å². The van der Waals surface area contributed by atoms with Crippen molar-refractivity contribution in [1.29, 1.82) is 0 Å². The lowest BCUT2D eigenvalue weighted by Gasteiger charge is -2.38. The van der Waals surface area contributed by atoms with Crippen molar-refractivity contribution >= 4 is 11.8 Å². The molecule has 1 saturated carbocycles. The lowest BCUT2D eigenvalue weighted by Crippen LogP contribution is -2.46. The normalized spacial score (nSPS) is 37.8. The van der Waals surface area contributed by atoms with E-state index >= 15 is 0 Å². The Hall–Kier alpha value is -1.20. The van der Waals surface area contributed by atoms with Gasteiger partial charge < -0.3 is 14.9 Å². The molecule has 2 rings (SSSR count). The molecule has 5 nitrogen and oxygen atoms in total. The summed E-state index contributed by atoms with van der Waals surface area (Å²) in [5.74, 6) is -2.16. The third-order valence-corrected chi connectivity index (χ3v) is 3.39. The van der Waals surface area contributed by atoms with Gasteiger partial charge in [-0.3, -0.25) is 9.59 Å². The number of aliphatic hydroxyl groups excluding tert-OH is 2. The first-order chi connectivity index (χ1) is 7.65. The lowest BCUT2D eigenvalue weighted by atomic mass is 9.68. The maximum absolute atomic E-state index is 11.5. The van der Waals surface area contributed by atoms with Crippen molar-refractivity contribution < 1.29 is 24.5 Å². The van der Waals surface area contributed by atoms with E-state index in [1.807, 2.05) is 0 Å². The Bertz CT molecular complexity index is 335. The van der Waals surface area contributed by atoms with E-state index in [9.17, 15) is 14.7 Å². The van der Waals surface area contributed by atoms with Gasteiger partial charge in [0, 0.05) is 11.8 Å². The van der Waals surface area contributed by atoms with E-state index in [4.69, 9.17) is 9.84 Å². The maximum Gasteiger partial charge on any atom is 0.316 e. The van der Waals surface area contributed by atoms with Crippen molar-refractivity contribution in [3.8, 4) is 0 Å². The zero-order valence-electron chi connectivity index (χ0n) is 8.70. The Morgan fingerprint density at radius 1 is 1.50 bits per heavy atom. The molecule has 0 saturated heterocycles. The lowest BCUT2D eigenvalue weighted by molar-refractivity contribution is -0.156. The van der Waals surface area contributed by atoms with E-state index in [1.54, 1.807) is 6.08 Å². The molecule has 0 amide bonds. The SMILES string of the molecule is O=C(CO)C1CCC(O)C2C(=O)OC=CC12. The molecule has 4 unspecified atom stereocenters. The van der Waals surface area contributed by atoms with Gasteiger partial charge in [0.25, 0.3) is 0 Å². The highest BCUT2D eigenvalue weighted by Crippen LogP contribution is 2.39. The van der Waals surface area contributed by atoms with E-state index in [2.05, 4.69) is 0 Å². The Kier molecular flexibility index (Phi) is 3.07. The molecule has 4 atom stereocenters. The predicted molar refractivity (Wildman–Crippen MR) is 53.0 cm³/mol. The molecule has 1 aliphatic heterocycles. The summed E-state index contributed by atoms with van der Waals surface area (Å²) in [4.78, 5) is 23.0. The van der Waals surface area contributed by atoms with Gasteiger partial charge in [0.2, 0.25) is 0 Å². The Morgan fingerprint density at radius 2 is 2.25 bits per heavy atom. The van der Waals surface area contributed by atoms with E-state index in [0.29, 0.717) is 12.8 Å². The van der Waals surface area contributed by atoms with Crippen LogP contribution in [0.1, 0.15) is 12.8 Å². The number of carbonyl (C=O) groups is 2. The molecule has 0 aromatic carbocycles. The first kappa shape index (κ1) is 11.3. The number of carbonyl (C=O) groups excluding carboxylic acids is 2. The van der Waals surface area contributed by atoms with Crippen molar-refractivity contribution in [2.75, 3.05) is 6.61 Å². The molecule has 0 bridgehead atoms. The number of cyclic esters (lactones) is 1. The van der Waals surface area contributed by atoms with Crippen LogP contribution in [-0.2, 0) is 14.3 Å². The number of hydrogen-bond acceptors (Lipinski definition) is 5. The molecule has 1 heterocycles. The van der Waals surface area contributed by atoms with Gasteiger partial charge in [-0.2, -0.15) is 0 Å². The summed E-state index contributed by atoms with van der Waals surface area (Å²) in [5, 5.41) is 18.6. The first-order valence-electron chi connectivity index (χ1n) is 5.34. The largest absolute Gasteiger partial charge is 0.435 e. The zero-order valence-corrected chi connectivity index (χ0v) is 8.70. The van der Waals surface area contributed by atoms with Crippen LogP contribution < -0.4 is 0 Å². The average Bonchev–Trinajstić information content (AvgIpc) is 2.28. The molecule has 2 aliphatic rings. The molecular formula is C11H14O5. The highest BCUT2D eigenvalue weighted by molar-refractivity contribution is 5.84. The minimum Gasteiger partial charge on any atom is -0.435 e. The third-order valence-electron chi connectivity index (χ3n) is 3.39. The van der Waals surface area contributed by atoms with Crippen LogP contribution in [0.15, 0.2) is 12.3 Å². The first-order valence-corrected chi connectivity index (χ1v) is 5.34. The van der Waals surface area contributed by atoms with Gasteiger partial charge in [-0.1, -0.05) is 0 Å². The van der Waals surface area contributed by atoms with Crippen molar-refractivity contribution in [2.45, 2.75) is 18.9 Å². The van der Waals surface area contributed by atoms with Crippen molar-refractivity contribution in [3.63, 3.8) is 0 Å². The number of ketones is 1. The zero-order chi connectivity index (χ0) is 11.7. The fourth-order valence-electron chi connectivity index (χ4n) is 2.57. The summed E-state index contributed by atoms with van der Waals surface area (Å²) < 4.78 is 4.73. The smallest absolute Gasteiger partial charge is 0.316 e. The molecule has 0 radical (unpaired) electrons. The van der Waals surface area contributed by atoms with Crippen LogP contribution in [0.5, 0.6) is 0 Å². The second-order valence-electron chi connectivity index (χ2n) is 4.24. The number of ether oxygens (including phenoxy) is 1. The predicted octanol–water partition coefficient (Wildman–Crippen LogP) is -0.378. The highest BCUT2D eigenvalue weighted by atomic mass is 16.5. The number of fused-ring (bicyclic) bond motifs is 1. The van der Waals surface area contributed by atoms with Crippen LogP contribution >= 0.6 is 0 Å². The van der Waals surface area contributed by atoms with E-state index < -0.39 is 24.6 Å². The third kappa shape index (κ3) is 1.76. The summed E-state index contributed by atoms with van der Waals surface area (Å²) in [6, 6.07) is 0. The molecule has 0 aromatic rings. The number of hydrogen-bond donors (Lipinski definition) is 2. The van der Waals surface area contributed by atoms with Crippen LogP contribution in [0.25, 0.3) is 0 Å².